The van der Waals surface area contributed by atoms with Crippen LogP contribution in [-0.4, -0.2) is 12.3 Å². The van der Waals surface area contributed by atoms with E-state index < -0.39 is 0 Å². The molecule has 0 spiro atoms. The van der Waals surface area contributed by atoms with Crippen LogP contribution in [-0.2, 0) is 0 Å². The van der Waals surface area contributed by atoms with Gasteiger partial charge in [0.05, 0.1) is 5.71 Å². The minimum absolute atomic E-state index is 0.254. The van der Waals surface area contributed by atoms with Crippen LogP contribution in [0.5, 0.6) is 0 Å². The Kier molecular flexibility index (Phi) is 4.47. The van der Waals surface area contributed by atoms with Crippen LogP contribution in [0.2, 0.25) is 0 Å². The van der Waals surface area contributed by atoms with Gasteiger partial charge in [0.2, 0.25) is 0 Å². The first-order valence-electron chi connectivity index (χ1n) is 9.64. The Morgan fingerprint density at radius 3 is 2.14 bits per heavy atom. The first kappa shape index (κ1) is 17.8. The second kappa shape index (κ2) is 7.28. The van der Waals surface area contributed by atoms with E-state index in [0.29, 0.717) is 5.71 Å². The van der Waals surface area contributed by atoms with Gasteiger partial charge in [-0.3, -0.25) is 0 Å². The summed E-state index contributed by atoms with van der Waals surface area (Å²) in [5.41, 5.74) is 11.8. The predicted octanol–water partition coefficient (Wildman–Crippen LogP) is 6.72. The van der Waals surface area contributed by atoms with Gasteiger partial charge < -0.3 is 11.1 Å². The van der Waals surface area contributed by atoms with Crippen molar-refractivity contribution < 1.29 is 0 Å². The Balaban J connectivity index is 1.70. The highest BCUT2D eigenvalue weighted by molar-refractivity contribution is 7.26. The lowest BCUT2D eigenvalue weighted by atomic mass is 9.93. The summed E-state index contributed by atoms with van der Waals surface area (Å²) in [6.45, 7) is 0.254. The van der Waals surface area contributed by atoms with Gasteiger partial charge in [0.1, 0.15) is 0 Å². The number of nitrogens with one attached hydrogen (secondary N) is 1. The van der Waals surface area contributed by atoms with Gasteiger partial charge in [0, 0.05) is 32.3 Å². The van der Waals surface area contributed by atoms with Crippen molar-refractivity contribution in [2.45, 2.75) is 0 Å². The lowest BCUT2D eigenvalue weighted by molar-refractivity contribution is 1.26. The summed E-state index contributed by atoms with van der Waals surface area (Å²) in [5, 5.41) is 10.6. The summed E-state index contributed by atoms with van der Waals surface area (Å²) < 4.78 is 2.64. The number of hydrogen-bond acceptors (Lipinski definition) is 3. The fourth-order valence-electron chi connectivity index (χ4n) is 3.90. The molecule has 140 valence electrons. The smallest absolute Gasteiger partial charge is 0.0522 e. The summed E-state index contributed by atoms with van der Waals surface area (Å²) in [6, 6.07) is 31.9. The number of rotatable bonds is 4. The highest BCUT2D eigenvalue weighted by Crippen LogP contribution is 2.42. The van der Waals surface area contributed by atoms with Crippen molar-refractivity contribution in [1.29, 1.82) is 5.41 Å². The molecular formula is C26H20N2S. The Morgan fingerprint density at radius 1 is 0.690 bits per heavy atom. The van der Waals surface area contributed by atoms with E-state index in [0.717, 1.165) is 11.1 Å². The highest BCUT2D eigenvalue weighted by Gasteiger charge is 2.13. The summed E-state index contributed by atoms with van der Waals surface area (Å²) in [7, 11) is 0. The Labute approximate surface area is 173 Å². The Bertz CT molecular complexity index is 1350. The van der Waals surface area contributed by atoms with Gasteiger partial charge in [0.15, 0.2) is 0 Å². The molecule has 5 rings (SSSR count). The maximum Gasteiger partial charge on any atom is 0.0522 e. The van der Waals surface area contributed by atoms with Crippen LogP contribution in [0, 0.1) is 5.41 Å². The van der Waals surface area contributed by atoms with E-state index in [1.165, 1.54) is 36.9 Å². The van der Waals surface area contributed by atoms with Crippen LogP contribution in [0.15, 0.2) is 91.0 Å². The molecule has 3 N–H and O–H groups in total. The molecule has 0 saturated carbocycles. The van der Waals surface area contributed by atoms with Crippen LogP contribution in [0.25, 0.3) is 42.4 Å². The second-order valence-corrected chi connectivity index (χ2v) is 8.14. The van der Waals surface area contributed by atoms with Crippen LogP contribution in [0.3, 0.4) is 0 Å². The summed E-state index contributed by atoms with van der Waals surface area (Å²) in [4.78, 5) is 0. The maximum atomic E-state index is 7.95. The second-order valence-electron chi connectivity index (χ2n) is 7.09. The van der Waals surface area contributed by atoms with Crippen molar-refractivity contribution in [3.63, 3.8) is 0 Å². The van der Waals surface area contributed by atoms with Gasteiger partial charge in [-0.25, -0.2) is 0 Å². The first-order valence-corrected chi connectivity index (χ1v) is 10.5. The molecule has 1 aromatic heterocycles. The van der Waals surface area contributed by atoms with E-state index >= 15 is 0 Å². The zero-order valence-electron chi connectivity index (χ0n) is 15.9. The van der Waals surface area contributed by atoms with Crippen molar-refractivity contribution in [1.82, 2.24) is 0 Å². The number of nitrogens with two attached hydrogens (primary N) is 1. The Morgan fingerprint density at radius 2 is 1.34 bits per heavy atom. The average Bonchev–Trinajstić information content (AvgIpc) is 3.17. The fraction of sp³-hybridized carbons (Fsp3) is 0.0385. The molecule has 29 heavy (non-hydrogen) atoms. The quantitative estimate of drug-likeness (QED) is 0.328. The summed E-state index contributed by atoms with van der Waals surface area (Å²) in [6.07, 6.45) is 0. The van der Waals surface area contributed by atoms with Gasteiger partial charge in [-0.2, -0.15) is 0 Å². The summed E-state index contributed by atoms with van der Waals surface area (Å²) in [5.74, 6) is 0. The van der Waals surface area contributed by atoms with Gasteiger partial charge in [-0.1, -0.05) is 84.9 Å². The zero-order valence-corrected chi connectivity index (χ0v) is 16.7. The fourth-order valence-corrected chi connectivity index (χ4v) is 5.13. The monoisotopic (exact) mass is 392 g/mol. The molecule has 5 aromatic rings. The topological polar surface area (TPSA) is 49.9 Å². The lowest BCUT2D eigenvalue weighted by Crippen LogP contribution is -2.13. The molecule has 0 aliphatic carbocycles. The molecule has 0 bridgehead atoms. The van der Waals surface area contributed by atoms with Crippen molar-refractivity contribution in [2.75, 3.05) is 6.54 Å². The van der Waals surface area contributed by atoms with E-state index in [-0.39, 0.29) is 6.54 Å². The third kappa shape index (κ3) is 3.05. The van der Waals surface area contributed by atoms with Crippen molar-refractivity contribution in [2.24, 2.45) is 5.73 Å². The zero-order chi connectivity index (χ0) is 19.8. The van der Waals surface area contributed by atoms with E-state index in [9.17, 15) is 0 Å². The minimum Gasteiger partial charge on any atom is -0.325 e. The Hall–Kier alpha value is -3.27. The maximum absolute atomic E-state index is 7.95. The predicted molar refractivity (Wildman–Crippen MR) is 126 cm³/mol. The molecule has 0 radical (unpaired) electrons. The molecule has 1 heterocycles. The van der Waals surface area contributed by atoms with Crippen LogP contribution < -0.4 is 5.73 Å². The van der Waals surface area contributed by atoms with Gasteiger partial charge in [0.25, 0.3) is 0 Å². The summed E-state index contributed by atoms with van der Waals surface area (Å²) >= 11 is 1.85. The van der Waals surface area contributed by atoms with Crippen LogP contribution >= 0.6 is 11.3 Å². The largest absolute Gasteiger partial charge is 0.325 e. The normalized spacial score (nSPS) is 11.2. The highest BCUT2D eigenvalue weighted by atomic mass is 32.1. The third-order valence-electron chi connectivity index (χ3n) is 5.37. The van der Waals surface area contributed by atoms with E-state index in [1.54, 1.807) is 0 Å². The lowest BCUT2D eigenvalue weighted by Gasteiger charge is -2.12. The SMILES string of the molecule is N=C(CN)c1ccc(-c2ccccc2-c2cccc3c2sc2ccccc23)cc1. The molecule has 2 nitrogen and oxygen atoms in total. The molecule has 0 aliphatic heterocycles. The van der Waals surface area contributed by atoms with E-state index in [2.05, 4.69) is 78.9 Å². The van der Waals surface area contributed by atoms with Gasteiger partial charge >= 0.3 is 0 Å². The molecule has 0 atom stereocenters. The first-order chi connectivity index (χ1) is 14.3. The average molecular weight is 393 g/mol. The van der Waals surface area contributed by atoms with Crippen molar-refractivity contribution >= 4 is 37.2 Å². The number of hydrogen-bond donors (Lipinski definition) is 2. The van der Waals surface area contributed by atoms with Crippen molar-refractivity contribution in [3.05, 3.63) is 96.6 Å². The molecule has 0 amide bonds. The van der Waals surface area contributed by atoms with Crippen LogP contribution in [0.4, 0.5) is 0 Å². The van der Waals surface area contributed by atoms with E-state index in [4.69, 9.17) is 11.1 Å². The number of thiophene rings is 1. The van der Waals surface area contributed by atoms with Gasteiger partial charge in [-0.15, -0.1) is 11.3 Å². The van der Waals surface area contributed by atoms with Crippen LogP contribution in [0.1, 0.15) is 5.56 Å². The molecule has 0 unspecified atom stereocenters. The molecule has 0 aliphatic rings. The molecule has 0 saturated heterocycles. The minimum atomic E-state index is 0.254. The number of benzene rings is 4. The molecule has 4 aromatic carbocycles. The van der Waals surface area contributed by atoms with Gasteiger partial charge in [-0.05, 0) is 28.3 Å². The third-order valence-corrected chi connectivity index (χ3v) is 6.59. The molecule has 0 fully saturated rings. The van der Waals surface area contributed by atoms with Crippen molar-refractivity contribution in [3.8, 4) is 22.3 Å². The standard InChI is InChI=1S/C26H20N2S/c27-16-24(28)18-14-12-17(13-15-18)19-6-1-2-7-20(19)22-9-5-10-23-21-8-3-4-11-25(21)29-26(22)23/h1-15,28H,16,27H2. The number of fused-ring (bicyclic) bond motifs is 3. The van der Waals surface area contributed by atoms with E-state index in [1.807, 2.05) is 23.5 Å². The molecule has 3 heteroatoms. The molecular weight excluding hydrogens is 372 g/mol.